The first-order chi connectivity index (χ1) is 8.74. The molecule has 0 unspecified atom stereocenters. The average Bonchev–Trinajstić information content (AvgIpc) is 3.03. The first-order valence-electron chi connectivity index (χ1n) is 6.58. The Bertz CT molecular complexity index is 428. The minimum Gasteiger partial charge on any atom is -0.469 e. The predicted molar refractivity (Wildman–Crippen MR) is 65.8 cm³/mol. The minimum absolute atomic E-state index is 0.0213. The Morgan fingerprint density at radius 3 is 3.28 bits per heavy atom. The summed E-state index contributed by atoms with van der Waals surface area (Å²) in [7, 11) is 1.50. The number of ether oxygens (including phenoxy) is 1. The van der Waals surface area contributed by atoms with Crippen LogP contribution in [0.25, 0.3) is 0 Å². The zero-order valence-electron chi connectivity index (χ0n) is 10.7. The van der Waals surface area contributed by atoms with Crippen LogP contribution in [0.5, 0.6) is 0 Å². The summed E-state index contributed by atoms with van der Waals surface area (Å²) < 4.78 is 10.4. The molecule has 0 amide bonds. The van der Waals surface area contributed by atoms with Crippen LogP contribution in [0.4, 0.5) is 0 Å². The van der Waals surface area contributed by atoms with Crippen LogP contribution in [0.1, 0.15) is 25.0 Å². The number of methoxy groups -OCH3 is 1. The number of fused-ring (bicyclic) bond motifs is 1. The topological polar surface area (TPSA) is 42.7 Å². The van der Waals surface area contributed by atoms with Crippen molar-refractivity contribution >= 4 is 5.97 Å². The summed E-state index contributed by atoms with van der Waals surface area (Å²) in [5.41, 5.74) is -0.249. The monoisotopic (exact) mass is 249 g/mol. The molecule has 4 nitrogen and oxygen atoms in total. The maximum absolute atomic E-state index is 12.1. The van der Waals surface area contributed by atoms with Gasteiger partial charge in [0.05, 0.1) is 25.3 Å². The molecule has 18 heavy (non-hydrogen) atoms. The lowest BCUT2D eigenvalue weighted by Gasteiger charge is -2.25. The van der Waals surface area contributed by atoms with Gasteiger partial charge in [0, 0.05) is 13.1 Å². The summed E-state index contributed by atoms with van der Waals surface area (Å²) >= 11 is 0. The molecule has 1 aliphatic carbocycles. The van der Waals surface area contributed by atoms with E-state index in [9.17, 15) is 4.79 Å². The largest absolute Gasteiger partial charge is 0.469 e. The number of nitrogens with zero attached hydrogens (tertiary/aromatic N) is 1. The molecular formula is C14H19NO3. The van der Waals surface area contributed by atoms with Crippen LogP contribution in [0.2, 0.25) is 0 Å². The summed E-state index contributed by atoms with van der Waals surface area (Å²) in [6.07, 6.45) is 4.96. The van der Waals surface area contributed by atoms with Gasteiger partial charge in [-0.15, -0.1) is 0 Å². The van der Waals surface area contributed by atoms with Crippen molar-refractivity contribution in [3.8, 4) is 0 Å². The zero-order chi connectivity index (χ0) is 12.6. The average molecular weight is 249 g/mol. The van der Waals surface area contributed by atoms with Gasteiger partial charge < -0.3 is 9.15 Å². The standard InChI is InChI=1S/C14H19NO3/c1-17-13(16)14-6-2-4-11(14)8-15(10-14)9-12-5-3-7-18-12/h3,5,7,11H,2,4,6,8-10H2,1H3/t11-,14+/m0/s1. The van der Waals surface area contributed by atoms with E-state index in [1.54, 1.807) is 6.26 Å². The molecule has 2 aliphatic rings. The first kappa shape index (κ1) is 11.8. The van der Waals surface area contributed by atoms with Crippen LogP contribution < -0.4 is 0 Å². The summed E-state index contributed by atoms with van der Waals surface area (Å²) in [6.45, 7) is 2.59. The number of carbonyl (C=O) groups is 1. The molecule has 98 valence electrons. The fourth-order valence-electron chi connectivity index (χ4n) is 3.67. The molecule has 1 aromatic rings. The summed E-state index contributed by atoms with van der Waals surface area (Å²) in [4.78, 5) is 14.4. The highest BCUT2D eigenvalue weighted by molar-refractivity contribution is 5.78. The van der Waals surface area contributed by atoms with Crippen LogP contribution in [0.3, 0.4) is 0 Å². The lowest BCUT2D eigenvalue weighted by molar-refractivity contribution is -0.153. The lowest BCUT2D eigenvalue weighted by atomic mass is 9.81. The minimum atomic E-state index is -0.249. The van der Waals surface area contributed by atoms with E-state index in [-0.39, 0.29) is 11.4 Å². The Kier molecular flexibility index (Phi) is 2.90. The second-order valence-electron chi connectivity index (χ2n) is 5.49. The summed E-state index contributed by atoms with van der Waals surface area (Å²) in [5.74, 6) is 1.40. The molecule has 2 fully saturated rings. The van der Waals surface area contributed by atoms with E-state index >= 15 is 0 Å². The van der Waals surface area contributed by atoms with Gasteiger partial charge in [0.2, 0.25) is 0 Å². The van der Waals surface area contributed by atoms with Gasteiger partial charge in [0.15, 0.2) is 0 Å². The van der Waals surface area contributed by atoms with Crippen molar-refractivity contribution in [2.24, 2.45) is 11.3 Å². The molecule has 0 N–H and O–H groups in total. The molecule has 2 heterocycles. The van der Waals surface area contributed by atoms with Crippen molar-refractivity contribution in [2.75, 3.05) is 20.2 Å². The molecule has 1 saturated carbocycles. The van der Waals surface area contributed by atoms with Gasteiger partial charge >= 0.3 is 5.97 Å². The molecule has 2 atom stereocenters. The van der Waals surface area contributed by atoms with E-state index in [0.29, 0.717) is 5.92 Å². The molecule has 1 aliphatic heterocycles. The Hall–Kier alpha value is -1.29. The first-order valence-corrected chi connectivity index (χ1v) is 6.58. The molecule has 1 saturated heterocycles. The van der Waals surface area contributed by atoms with Crippen molar-refractivity contribution in [1.29, 1.82) is 0 Å². The van der Waals surface area contributed by atoms with Gasteiger partial charge in [-0.25, -0.2) is 0 Å². The number of furan rings is 1. The van der Waals surface area contributed by atoms with Crippen LogP contribution in [-0.2, 0) is 16.1 Å². The third-order valence-corrected chi connectivity index (χ3v) is 4.49. The zero-order valence-corrected chi connectivity index (χ0v) is 10.7. The molecular weight excluding hydrogens is 230 g/mol. The third kappa shape index (κ3) is 1.75. The van der Waals surface area contributed by atoms with Crippen LogP contribution in [0, 0.1) is 11.3 Å². The summed E-state index contributed by atoms with van der Waals surface area (Å²) in [5, 5.41) is 0. The van der Waals surface area contributed by atoms with Crippen molar-refractivity contribution in [3.05, 3.63) is 24.2 Å². The van der Waals surface area contributed by atoms with Crippen molar-refractivity contribution < 1.29 is 13.9 Å². The summed E-state index contributed by atoms with van der Waals surface area (Å²) in [6, 6.07) is 3.89. The lowest BCUT2D eigenvalue weighted by Crippen LogP contribution is -2.36. The van der Waals surface area contributed by atoms with Crippen LogP contribution in [0.15, 0.2) is 22.8 Å². The number of esters is 1. The number of hydrogen-bond acceptors (Lipinski definition) is 4. The molecule has 0 aromatic carbocycles. The van der Waals surface area contributed by atoms with Crippen LogP contribution >= 0.6 is 0 Å². The Morgan fingerprint density at radius 2 is 2.56 bits per heavy atom. The molecule has 1 aromatic heterocycles. The fraction of sp³-hybridized carbons (Fsp3) is 0.643. The van der Waals surface area contributed by atoms with Gasteiger partial charge in [-0.1, -0.05) is 6.42 Å². The molecule has 4 heteroatoms. The maximum atomic E-state index is 12.1. The predicted octanol–water partition coefficient (Wildman–Crippen LogP) is 2.05. The van der Waals surface area contributed by atoms with E-state index in [0.717, 1.165) is 44.7 Å². The van der Waals surface area contributed by atoms with Crippen molar-refractivity contribution in [1.82, 2.24) is 4.90 Å². The van der Waals surface area contributed by atoms with E-state index in [4.69, 9.17) is 9.15 Å². The normalized spacial score (nSPS) is 31.5. The number of hydrogen-bond donors (Lipinski definition) is 0. The van der Waals surface area contributed by atoms with Crippen LogP contribution in [-0.4, -0.2) is 31.1 Å². The Morgan fingerprint density at radius 1 is 1.67 bits per heavy atom. The van der Waals surface area contributed by atoms with E-state index < -0.39 is 0 Å². The molecule has 0 spiro atoms. The maximum Gasteiger partial charge on any atom is 0.313 e. The number of rotatable bonds is 3. The highest BCUT2D eigenvalue weighted by Gasteiger charge is 2.55. The van der Waals surface area contributed by atoms with Crippen molar-refractivity contribution in [3.63, 3.8) is 0 Å². The second-order valence-corrected chi connectivity index (χ2v) is 5.49. The highest BCUT2D eigenvalue weighted by atomic mass is 16.5. The quantitative estimate of drug-likeness (QED) is 0.769. The van der Waals surface area contributed by atoms with E-state index in [2.05, 4.69) is 4.90 Å². The smallest absolute Gasteiger partial charge is 0.313 e. The van der Waals surface area contributed by atoms with Crippen molar-refractivity contribution in [2.45, 2.75) is 25.8 Å². The SMILES string of the molecule is COC(=O)[C@@]12CCC[C@H]1CN(Cc1ccco1)C2. The van der Waals surface area contributed by atoms with Gasteiger partial charge in [-0.2, -0.15) is 0 Å². The highest BCUT2D eigenvalue weighted by Crippen LogP contribution is 2.49. The van der Waals surface area contributed by atoms with E-state index in [1.165, 1.54) is 7.11 Å². The number of likely N-dealkylation sites (tertiary alicyclic amines) is 1. The van der Waals surface area contributed by atoms with Gasteiger partial charge in [0.1, 0.15) is 5.76 Å². The Balaban J connectivity index is 1.74. The Labute approximate surface area is 107 Å². The van der Waals surface area contributed by atoms with Gasteiger partial charge in [-0.3, -0.25) is 9.69 Å². The fourth-order valence-corrected chi connectivity index (χ4v) is 3.67. The van der Waals surface area contributed by atoms with E-state index in [1.807, 2.05) is 12.1 Å². The number of carbonyl (C=O) groups excluding carboxylic acids is 1. The molecule has 0 radical (unpaired) electrons. The molecule has 0 bridgehead atoms. The van der Waals surface area contributed by atoms with Gasteiger partial charge in [-0.05, 0) is 30.9 Å². The molecule has 3 rings (SSSR count). The second kappa shape index (κ2) is 4.43. The third-order valence-electron chi connectivity index (χ3n) is 4.49. The van der Waals surface area contributed by atoms with Gasteiger partial charge in [0.25, 0.3) is 0 Å².